The van der Waals surface area contributed by atoms with Crippen molar-refractivity contribution in [1.29, 1.82) is 0 Å². The van der Waals surface area contributed by atoms with Crippen LogP contribution < -0.4 is 15.5 Å². The van der Waals surface area contributed by atoms with Crippen molar-refractivity contribution in [3.8, 4) is 5.75 Å². The fourth-order valence-corrected chi connectivity index (χ4v) is 4.20. The summed E-state index contributed by atoms with van der Waals surface area (Å²) in [6.07, 6.45) is 0. The number of para-hydroxylation sites is 1. The Kier molecular flexibility index (Phi) is 3.51. The van der Waals surface area contributed by atoms with E-state index in [1.807, 2.05) is 35.4 Å². The SMILES string of the molecule is CON1c2ccc(C(N)=O)cc2C(C)(C)C2COc3ccccc3C21. The lowest BCUT2D eigenvalue weighted by Crippen LogP contribution is -2.51. The summed E-state index contributed by atoms with van der Waals surface area (Å²) in [7, 11) is 1.68. The molecule has 2 unspecified atom stereocenters. The third kappa shape index (κ3) is 2.23. The second-order valence-electron chi connectivity index (χ2n) is 7.23. The largest absolute Gasteiger partial charge is 0.493 e. The van der Waals surface area contributed by atoms with Gasteiger partial charge >= 0.3 is 0 Å². The van der Waals surface area contributed by atoms with Gasteiger partial charge in [-0.05, 0) is 29.8 Å². The molecule has 5 heteroatoms. The number of amides is 1. The number of carbonyl (C=O) groups excluding carboxylic acids is 1. The van der Waals surface area contributed by atoms with Gasteiger partial charge in [-0.2, -0.15) is 0 Å². The molecule has 4 rings (SSSR count). The number of hydroxylamine groups is 1. The molecule has 0 saturated carbocycles. The van der Waals surface area contributed by atoms with E-state index in [4.69, 9.17) is 15.3 Å². The second-order valence-corrected chi connectivity index (χ2v) is 7.23. The van der Waals surface area contributed by atoms with Crippen LogP contribution in [-0.2, 0) is 10.3 Å². The van der Waals surface area contributed by atoms with Crippen molar-refractivity contribution in [2.45, 2.75) is 25.3 Å². The van der Waals surface area contributed by atoms with Crippen LogP contribution in [0.4, 0.5) is 5.69 Å². The van der Waals surface area contributed by atoms with E-state index in [1.165, 1.54) is 0 Å². The van der Waals surface area contributed by atoms with Gasteiger partial charge in [0.2, 0.25) is 5.91 Å². The van der Waals surface area contributed by atoms with Crippen LogP contribution in [0.15, 0.2) is 42.5 Å². The third-order valence-electron chi connectivity index (χ3n) is 5.63. The summed E-state index contributed by atoms with van der Waals surface area (Å²) in [5.41, 5.74) is 8.94. The molecule has 2 aromatic carbocycles. The van der Waals surface area contributed by atoms with Crippen molar-refractivity contribution in [2.75, 3.05) is 18.8 Å². The molecule has 5 nitrogen and oxygen atoms in total. The molecule has 25 heavy (non-hydrogen) atoms. The molecule has 130 valence electrons. The number of benzene rings is 2. The van der Waals surface area contributed by atoms with Gasteiger partial charge in [0.25, 0.3) is 0 Å². The Labute approximate surface area is 147 Å². The first-order valence-electron chi connectivity index (χ1n) is 8.44. The van der Waals surface area contributed by atoms with E-state index in [1.54, 1.807) is 13.2 Å². The Morgan fingerprint density at radius 1 is 1.28 bits per heavy atom. The molecule has 0 saturated heterocycles. The molecule has 0 fully saturated rings. The first-order chi connectivity index (χ1) is 11.9. The topological polar surface area (TPSA) is 64.8 Å². The highest BCUT2D eigenvalue weighted by atomic mass is 16.7. The highest BCUT2D eigenvalue weighted by Gasteiger charge is 2.50. The zero-order valence-electron chi connectivity index (χ0n) is 14.7. The van der Waals surface area contributed by atoms with E-state index in [2.05, 4.69) is 19.9 Å². The molecular weight excluding hydrogens is 316 g/mol. The summed E-state index contributed by atoms with van der Waals surface area (Å²) in [5, 5.41) is 1.94. The molecule has 2 heterocycles. The fraction of sp³-hybridized carbons (Fsp3) is 0.350. The lowest BCUT2D eigenvalue weighted by atomic mass is 9.65. The molecule has 0 spiro atoms. The zero-order valence-corrected chi connectivity index (χ0v) is 14.7. The number of rotatable bonds is 2. The zero-order chi connectivity index (χ0) is 17.8. The standard InChI is InChI=1S/C20H22N2O3/c1-20(2)14-10-12(19(21)23)8-9-16(14)22(24-3)18-13-6-4-5-7-17(13)25-11-15(18)20/h4-10,15,18H,11H2,1-3H3,(H2,21,23). The predicted molar refractivity (Wildman–Crippen MR) is 95.6 cm³/mol. The van der Waals surface area contributed by atoms with Gasteiger partial charge in [0, 0.05) is 22.5 Å². The number of hydrogen-bond donors (Lipinski definition) is 1. The van der Waals surface area contributed by atoms with E-state index in [9.17, 15) is 4.79 Å². The normalized spacial score (nSPS) is 23.1. The van der Waals surface area contributed by atoms with Crippen molar-refractivity contribution in [2.24, 2.45) is 11.7 Å². The highest BCUT2D eigenvalue weighted by Crippen LogP contribution is 2.55. The van der Waals surface area contributed by atoms with Crippen LogP contribution in [0.5, 0.6) is 5.75 Å². The molecule has 0 bridgehead atoms. The van der Waals surface area contributed by atoms with Gasteiger partial charge in [0.05, 0.1) is 25.4 Å². The van der Waals surface area contributed by atoms with E-state index in [-0.39, 0.29) is 17.4 Å². The first-order valence-corrected chi connectivity index (χ1v) is 8.44. The van der Waals surface area contributed by atoms with Gasteiger partial charge in [0.1, 0.15) is 5.75 Å². The minimum atomic E-state index is -0.421. The van der Waals surface area contributed by atoms with Gasteiger partial charge in [-0.3, -0.25) is 9.63 Å². The van der Waals surface area contributed by atoms with E-state index >= 15 is 0 Å². The van der Waals surface area contributed by atoms with Crippen molar-refractivity contribution in [3.05, 3.63) is 59.2 Å². The number of anilines is 1. The molecule has 2 aliphatic rings. The lowest BCUT2D eigenvalue weighted by molar-refractivity contribution is 0.0441. The molecular formula is C20H22N2O3. The number of nitrogens with two attached hydrogens (primary N) is 1. The van der Waals surface area contributed by atoms with Crippen LogP contribution in [0.1, 0.15) is 41.4 Å². The molecule has 2 atom stereocenters. The minimum Gasteiger partial charge on any atom is -0.493 e. The van der Waals surface area contributed by atoms with E-state index < -0.39 is 5.91 Å². The van der Waals surface area contributed by atoms with Crippen molar-refractivity contribution in [3.63, 3.8) is 0 Å². The number of fused-ring (bicyclic) bond motifs is 4. The Bertz CT molecular complexity index is 847. The maximum absolute atomic E-state index is 11.6. The number of nitrogens with zero attached hydrogens (tertiary/aromatic N) is 1. The van der Waals surface area contributed by atoms with Crippen LogP contribution in [0.25, 0.3) is 0 Å². The average Bonchev–Trinajstić information content (AvgIpc) is 2.61. The number of hydrogen-bond acceptors (Lipinski definition) is 4. The van der Waals surface area contributed by atoms with Crippen LogP contribution in [-0.4, -0.2) is 19.6 Å². The summed E-state index contributed by atoms with van der Waals surface area (Å²) < 4.78 is 6.04. The molecule has 2 aliphatic heterocycles. The molecule has 2 N–H and O–H groups in total. The Hall–Kier alpha value is -2.53. The van der Waals surface area contributed by atoms with Gasteiger partial charge in [-0.25, -0.2) is 5.06 Å². The monoisotopic (exact) mass is 338 g/mol. The van der Waals surface area contributed by atoms with Crippen LogP contribution >= 0.6 is 0 Å². The van der Waals surface area contributed by atoms with E-state index in [0.717, 1.165) is 22.6 Å². The van der Waals surface area contributed by atoms with Gasteiger partial charge in [-0.1, -0.05) is 32.0 Å². The quantitative estimate of drug-likeness (QED) is 0.913. The highest BCUT2D eigenvalue weighted by molar-refractivity contribution is 5.93. The van der Waals surface area contributed by atoms with Crippen molar-refractivity contribution >= 4 is 11.6 Å². The Morgan fingerprint density at radius 3 is 2.76 bits per heavy atom. The molecule has 0 radical (unpaired) electrons. The maximum Gasteiger partial charge on any atom is 0.248 e. The molecule has 0 aliphatic carbocycles. The third-order valence-corrected chi connectivity index (χ3v) is 5.63. The second kappa shape index (κ2) is 5.49. The molecule has 0 aromatic heterocycles. The lowest BCUT2D eigenvalue weighted by Gasteiger charge is -2.52. The smallest absolute Gasteiger partial charge is 0.248 e. The van der Waals surface area contributed by atoms with E-state index in [0.29, 0.717) is 12.2 Å². The Balaban J connectivity index is 1.94. The first kappa shape index (κ1) is 16.0. The maximum atomic E-state index is 11.6. The van der Waals surface area contributed by atoms with Crippen LogP contribution in [0, 0.1) is 5.92 Å². The summed E-state index contributed by atoms with van der Waals surface area (Å²) >= 11 is 0. The van der Waals surface area contributed by atoms with Gasteiger partial charge < -0.3 is 10.5 Å². The molecule has 2 aromatic rings. The number of primary amides is 1. The summed E-state index contributed by atoms with van der Waals surface area (Å²) in [5.74, 6) is 0.659. The van der Waals surface area contributed by atoms with Gasteiger partial charge in [0.15, 0.2) is 0 Å². The van der Waals surface area contributed by atoms with Gasteiger partial charge in [-0.15, -0.1) is 0 Å². The fourth-order valence-electron chi connectivity index (χ4n) is 4.20. The molecule has 1 amide bonds. The summed E-state index contributed by atoms with van der Waals surface area (Å²) in [6.45, 7) is 4.98. The predicted octanol–water partition coefficient (Wildman–Crippen LogP) is 3.19. The summed E-state index contributed by atoms with van der Waals surface area (Å²) in [6, 6.07) is 13.7. The van der Waals surface area contributed by atoms with Crippen molar-refractivity contribution in [1.82, 2.24) is 0 Å². The summed E-state index contributed by atoms with van der Waals surface area (Å²) in [4.78, 5) is 17.4. The number of ether oxygens (including phenoxy) is 1. The van der Waals surface area contributed by atoms with Crippen LogP contribution in [0.3, 0.4) is 0 Å². The number of carbonyl (C=O) groups is 1. The average molecular weight is 338 g/mol. The van der Waals surface area contributed by atoms with Crippen LogP contribution in [0.2, 0.25) is 0 Å². The van der Waals surface area contributed by atoms with Crippen molar-refractivity contribution < 1.29 is 14.4 Å². The minimum absolute atomic E-state index is 0.0527. The Morgan fingerprint density at radius 2 is 2.04 bits per heavy atom.